The summed E-state index contributed by atoms with van der Waals surface area (Å²) in [6.45, 7) is 3.90. The number of anilines is 1. The number of aliphatic hydroxyl groups is 1. The molecule has 27 heavy (non-hydrogen) atoms. The average Bonchev–Trinajstić information content (AvgIpc) is 2.54. The Morgan fingerprint density at radius 3 is 2.30 bits per heavy atom. The van der Waals surface area contributed by atoms with Gasteiger partial charge in [0.25, 0.3) is 0 Å². The normalized spacial score (nSPS) is 33.7. The summed E-state index contributed by atoms with van der Waals surface area (Å²) in [6.07, 6.45) is 6.30. The molecule has 0 aliphatic heterocycles. The van der Waals surface area contributed by atoms with Crippen LogP contribution in [0.2, 0.25) is 0 Å². The summed E-state index contributed by atoms with van der Waals surface area (Å²) in [6, 6.07) is 5.87. The zero-order valence-corrected chi connectivity index (χ0v) is 16.3. The molecule has 5 heteroatoms. The highest BCUT2D eigenvalue weighted by molar-refractivity contribution is 5.95. The maximum atomic E-state index is 12.6. The Kier molecular flexibility index (Phi) is 4.53. The van der Waals surface area contributed by atoms with Gasteiger partial charge in [0.2, 0.25) is 11.8 Å². The molecule has 4 saturated carbocycles. The second-order valence-corrected chi connectivity index (χ2v) is 9.45. The highest BCUT2D eigenvalue weighted by atomic mass is 16.3. The van der Waals surface area contributed by atoms with Crippen molar-refractivity contribution in [1.82, 2.24) is 5.32 Å². The first-order valence-electron chi connectivity index (χ1n) is 10.1. The molecule has 1 aromatic carbocycles. The summed E-state index contributed by atoms with van der Waals surface area (Å²) >= 11 is 0. The van der Waals surface area contributed by atoms with E-state index in [-0.39, 0.29) is 23.8 Å². The average molecular weight is 370 g/mol. The molecule has 0 aromatic heterocycles. The highest BCUT2D eigenvalue weighted by Gasteiger charge is 2.57. The second-order valence-electron chi connectivity index (χ2n) is 9.45. The first-order valence-corrected chi connectivity index (χ1v) is 10.1. The van der Waals surface area contributed by atoms with Crippen molar-refractivity contribution >= 4 is 17.5 Å². The van der Waals surface area contributed by atoms with Gasteiger partial charge in [0.15, 0.2) is 0 Å². The summed E-state index contributed by atoms with van der Waals surface area (Å²) in [5, 5.41) is 16.5. The van der Waals surface area contributed by atoms with Crippen molar-refractivity contribution in [3.8, 4) is 0 Å². The van der Waals surface area contributed by atoms with Crippen molar-refractivity contribution in [3.05, 3.63) is 29.3 Å². The third-order valence-electron chi connectivity index (χ3n) is 6.88. The standard InChI is InChI=1S/C22H30N2O3/c1-14-4-3-5-15(2)20(14)24-19(26)12-23-18(25)11-21-7-16-6-17(8-21)10-22(27,9-16)13-21/h3-5,16-17,27H,6-13H2,1-2H3,(H,23,25)(H,24,26). The molecule has 0 heterocycles. The van der Waals surface area contributed by atoms with E-state index in [1.165, 1.54) is 6.42 Å². The number of hydrogen-bond acceptors (Lipinski definition) is 3. The van der Waals surface area contributed by atoms with Crippen molar-refractivity contribution in [2.24, 2.45) is 17.3 Å². The lowest BCUT2D eigenvalue weighted by Gasteiger charge is -2.60. The lowest BCUT2D eigenvalue weighted by molar-refractivity contribution is -0.169. The molecule has 2 amide bonds. The number of para-hydroxylation sites is 1. The van der Waals surface area contributed by atoms with E-state index in [0.29, 0.717) is 18.3 Å². The van der Waals surface area contributed by atoms with Crippen LogP contribution < -0.4 is 10.6 Å². The van der Waals surface area contributed by atoms with E-state index in [2.05, 4.69) is 10.6 Å². The van der Waals surface area contributed by atoms with E-state index in [4.69, 9.17) is 0 Å². The Morgan fingerprint density at radius 1 is 1.07 bits per heavy atom. The van der Waals surface area contributed by atoms with Crippen molar-refractivity contribution in [2.75, 3.05) is 11.9 Å². The van der Waals surface area contributed by atoms with E-state index in [0.717, 1.165) is 48.9 Å². The van der Waals surface area contributed by atoms with Crippen molar-refractivity contribution in [1.29, 1.82) is 0 Å². The van der Waals surface area contributed by atoms with Crippen molar-refractivity contribution in [3.63, 3.8) is 0 Å². The number of carbonyl (C=O) groups excluding carboxylic acids is 2. The minimum Gasteiger partial charge on any atom is -0.390 e. The molecule has 4 bridgehead atoms. The number of nitrogens with one attached hydrogen (secondary N) is 2. The maximum absolute atomic E-state index is 12.6. The number of aryl methyl sites for hydroxylation is 2. The van der Waals surface area contributed by atoms with Gasteiger partial charge in [-0.25, -0.2) is 0 Å². The quantitative estimate of drug-likeness (QED) is 0.745. The second kappa shape index (κ2) is 6.62. The zero-order chi connectivity index (χ0) is 19.2. The van der Waals surface area contributed by atoms with E-state index < -0.39 is 5.60 Å². The number of amides is 2. The number of carbonyl (C=O) groups is 2. The topological polar surface area (TPSA) is 78.4 Å². The summed E-state index contributed by atoms with van der Waals surface area (Å²) < 4.78 is 0. The third-order valence-corrected chi connectivity index (χ3v) is 6.88. The lowest BCUT2D eigenvalue weighted by atomic mass is 9.47. The van der Waals surface area contributed by atoms with E-state index in [1.807, 2.05) is 32.0 Å². The smallest absolute Gasteiger partial charge is 0.243 e. The van der Waals surface area contributed by atoms with Gasteiger partial charge in [-0.3, -0.25) is 9.59 Å². The predicted octanol–water partition coefficient (Wildman–Crippen LogP) is 3.08. The summed E-state index contributed by atoms with van der Waals surface area (Å²) in [5.41, 5.74) is 2.23. The van der Waals surface area contributed by atoms with Gasteiger partial charge in [0, 0.05) is 12.1 Å². The molecular formula is C22H30N2O3. The van der Waals surface area contributed by atoms with E-state index in [9.17, 15) is 14.7 Å². The first kappa shape index (κ1) is 18.5. The minimum atomic E-state index is -0.551. The molecule has 1 aromatic rings. The maximum Gasteiger partial charge on any atom is 0.243 e. The van der Waals surface area contributed by atoms with Crippen LogP contribution in [-0.2, 0) is 9.59 Å². The molecule has 2 atom stereocenters. The Hall–Kier alpha value is -1.88. The monoisotopic (exact) mass is 370 g/mol. The Balaban J connectivity index is 1.32. The van der Waals surface area contributed by atoms with Crippen LogP contribution in [0.1, 0.15) is 56.1 Å². The SMILES string of the molecule is Cc1cccc(C)c1NC(=O)CNC(=O)CC12CC3CC(CC(O)(C3)C1)C2. The van der Waals surface area contributed by atoms with Gasteiger partial charge in [-0.15, -0.1) is 0 Å². The molecule has 2 unspecified atom stereocenters. The number of benzene rings is 1. The lowest BCUT2D eigenvalue weighted by Crippen LogP contribution is -2.56. The van der Waals surface area contributed by atoms with Crippen molar-refractivity contribution in [2.45, 2.75) is 64.4 Å². The molecular weight excluding hydrogens is 340 g/mol. The molecule has 3 N–H and O–H groups in total. The van der Waals surface area contributed by atoms with Crippen LogP contribution in [0.25, 0.3) is 0 Å². The molecule has 0 saturated heterocycles. The van der Waals surface area contributed by atoms with Gasteiger partial charge in [-0.05, 0) is 80.8 Å². The minimum absolute atomic E-state index is 0.0141. The fraction of sp³-hybridized carbons (Fsp3) is 0.636. The zero-order valence-electron chi connectivity index (χ0n) is 16.3. The van der Waals surface area contributed by atoms with E-state index >= 15 is 0 Å². The molecule has 0 spiro atoms. The Labute approximate surface area is 160 Å². The van der Waals surface area contributed by atoms with Crippen LogP contribution in [0.4, 0.5) is 5.69 Å². The molecule has 4 fully saturated rings. The van der Waals surface area contributed by atoms with Gasteiger partial charge in [0.05, 0.1) is 12.1 Å². The molecule has 146 valence electrons. The molecule has 5 rings (SSSR count). The van der Waals surface area contributed by atoms with Crippen LogP contribution in [0, 0.1) is 31.1 Å². The summed E-state index contributed by atoms with van der Waals surface area (Å²) in [7, 11) is 0. The van der Waals surface area contributed by atoms with Crippen LogP contribution in [0.15, 0.2) is 18.2 Å². The van der Waals surface area contributed by atoms with Gasteiger partial charge >= 0.3 is 0 Å². The van der Waals surface area contributed by atoms with Gasteiger partial charge in [0.1, 0.15) is 0 Å². The van der Waals surface area contributed by atoms with Gasteiger partial charge in [-0.2, -0.15) is 0 Å². The van der Waals surface area contributed by atoms with Crippen LogP contribution >= 0.6 is 0 Å². The molecule has 4 aliphatic carbocycles. The van der Waals surface area contributed by atoms with Gasteiger partial charge in [-0.1, -0.05) is 18.2 Å². The van der Waals surface area contributed by atoms with E-state index in [1.54, 1.807) is 0 Å². The Bertz CT molecular complexity index is 739. The summed E-state index contributed by atoms with van der Waals surface area (Å²) in [5.74, 6) is 0.856. The highest BCUT2D eigenvalue weighted by Crippen LogP contribution is 2.62. The Morgan fingerprint density at radius 2 is 1.70 bits per heavy atom. The van der Waals surface area contributed by atoms with Crippen molar-refractivity contribution < 1.29 is 14.7 Å². The first-order chi connectivity index (χ1) is 12.8. The fourth-order valence-corrected chi connectivity index (χ4v) is 6.39. The van der Waals surface area contributed by atoms with Crippen LogP contribution in [-0.4, -0.2) is 29.1 Å². The molecule has 5 nitrogen and oxygen atoms in total. The third kappa shape index (κ3) is 3.75. The molecule has 4 aliphatic rings. The fourth-order valence-electron chi connectivity index (χ4n) is 6.39. The van der Waals surface area contributed by atoms with Gasteiger partial charge < -0.3 is 15.7 Å². The largest absolute Gasteiger partial charge is 0.390 e. The number of hydrogen-bond donors (Lipinski definition) is 3. The van der Waals surface area contributed by atoms with Crippen LogP contribution in [0.3, 0.4) is 0 Å². The number of rotatable bonds is 5. The predicted molar refractivity (Wildman–Crippen MR) is 104 cm³/mol. The molecule has 0 radical (unpaired) electrons. The summed E-state index contributed by atoms with van der Waals surface area (Å²) in [4.78, 5) is 24.8. The van der Waals surface area contributed by atoms with Crippen LogP contribution in [0.5, 0.6) is 0 Å².